The highest BCUT2D eigenvalue weighted by Gasteiger charge is 2.16. The first-order chi connectivity index (χ1) is 15.6. The van der Waals surface area contributed by atoms with Crippen LogP contribution in [0, 0.1) is 0 Å². The molecule has 0 atom stereocenters. The summed E-state index contributed by atoms with van der Waals surface area (Å²) in [6.07, 6.45) is 0. The minimum atomic E-state index is -0.305. The van der Waals surface area contributed by atoms with Gasteiger partial charge in [0.05, 0.1) is 28.9 Å². The Morgan fingerprint density at radius 2 is 1.47 bits per heavy atom. The number of hydrogen-bond acceptors (Lipinski definition) is 4. The van der Waals surface area contributed by atoms with Gasteiger partial charge in [0.25, 0.3) is 5.91 Å². The number of nitrogens with zero attached hydrogens (tertiary/aromatic N) is 1. The van der Waals surface area contributed by atoms with Gasteiger partial charge in [0.1, 0.15) is 6.54 Å². The topological polar surface area (TPSA) is 89.4 Å². The van der Waals surface area contributed by atoms with E-state index in [1.165, 1.54) is 0 Å². The number of methoxy groups -OCH3 is 1. The van der Waals surface area contributed by atoms with Crippen LogP contribution >= 0.6 is 0 Å². The Kier molecular flexibility index (Phi) is 6.28. The molecule has 0 radical (unpaired) electrons. The molecule has 162 valence electrons. The SMILES string of the molecule is COCCNC(=O)c1ccccc1NC(=O)Cn1c2ccccc2c(=O)c2ccccc21. The molecule has 0 bridgehead atoms. The summed E-state index contributed by atoms with van der Waals surface area (Å²) in [7, 11) is 1.56. The van der Waals surface area contributed by atoms with Crippen LogP contribution in [0.25, 0.3) is 21.8 Å². The number of fused-ring (bicyclic) bond motifs is 2. The Balaban J connectivity index is 1.66. The fraction of sp³-hybridized carbons (Fsp3) is 0.160. The van der Waals surface area contributed by atoms with Crippen LogP contribution in [0.15, 0.2) is 77.6 Å². The van der Waals surface area contributed by atoms with Gasteiger partial charge < -0.3 is 19.9 Å². The van der Waals surface area contributed by atoms with Crippen LogP contribution in [0.3, 0.4) is 0 Å². The van der Waals surface area contributed by atoms with E-state index in [0.29, 0.717) is 46.2 Å². The molecule has 0 saturated carbocycles. The van der Waals surface area contributed by atoms with Crippen molar-refractivity contribution in [3.05, 3.63) is 88.6 Å². The molecule has 2 N–H and O–H groups in total. The van der Waals surface area contributed by atoms with Crippen LogP contribution in [0.5, 0.6) is 0 Å². The lowest BCUT2D eigenvalue weighted by atomic mass is 10.1. The van der Waals surface area contributed by atoms with Crippen molar-refractivity contribution in [2.45, 2.75) is 6.54 Å². The summed E-state index contributed by atoms with van der Waals surface area (Å²) in [6, 6.07) is 21.3. The molecule has 2 amide bonds. The van der Waals surface area contributed by atoms with E-state index >= 15 is 0 Å². The lowest BCUT2D eigenvalue weighted by molar-refractivity contribution is -0.116. The summed E-state index contributed by atoms with van der Waals surface area (Å²) in [4.78, 5) is 38.4. The second-order valence-electron chi connectivity index (χ2n) is 7.29. The number of para-hydroxylation sites is 3. The van der Waals surface area contributed by atoms with E-state index in [1.807, 2.05) is 28.8 Å². The number of aromatic nitrogens is 1. The van der Waals surface area contributed by atoms with Gasteiger partial charge in [-0.05, 0) is 36.4 Å². The molecule has 4 rings (SSSR count). The molecule has 4 aromatic rings. The van der Waals surface area contributed by atoms with Crippen molar-refractivity contribution in [1.82, 2.24) is 9.88 Å². The van der Waals surface area contributed by atoms with Crippen LogP contribution < -0.4 is 16.1 Å². The lowest BCUT2D eigenvalue weighted by Crippen LogP contribution is -2.28. The average molecular weight is 429 g/mol. The Morgan fingerprint density at radius 1 is 0.875 bits per heavy atom. The van der Waals surface area contributed by atoms with E-state index < -0.39 is 0 Å². The molecule has 7 nitrogen and oxygen atoms in total. The van der Waals surface area contributed by atoms with Crippen LogP contribution in [0.4, 0.5) is 5.69 Å². The Morgan fingerprint density at radius 3 is 2.12 bits per heavy atom. The highest BCUT2D eigenvalue weighted by Crippen LogP contribution is 2.20. The molecular formula is C25H23N3O4. The van der Waals surface area contributed by atoms with Crippen LogP contribution in [-0.4, -0.2) is 36.6 Å². The fourth-order valence-electron chi connectivity index (χ4n) is 3.73. The highest BCUT2D eigenvalue weighted by molar-refractivity contribution is 6.04. The molecule has 0 saturated heterocycles. The van der Waals surface area contributed by atoms with E-state index in [2.05, 4.69) is 10.6 Å². The molecule has 1 aromatic heterocycles. The molecule has 1 heterocycles. The number of benzene rings is 3. The highest BCUT2D eigenvalue weighted by atomic mass is 16.5. The minimum Gasteiger partial charge on any atom is -0.383 e. The molecule has 0 fully saturated rings. The summed E-state index contributed by atoms with van der Waals surface area (Å²) in [6.45, 7) is 0.751. The van der Waals surface area contributed by atoms with Crippen molar-refractivity contribution in [2.24, 2.45) is 0 Å². The largest absolute Gasteiger partial charge is 0.383 e. The van der Waals surface area contributed by atoms with Crippen LogP contribution in [0.2, 0.25) is 0 Å². The lowest BCUT2D eigenvalue weighted by Gasteiger charge is -2.16. The normalized spacial score (nSPS) is 10.9. The number of nitrogens with one attached hydrogen (secondary N) is 2. The number of pyridine rings is 1. The minimum absolute atomic E-state index is 0.0130. The fourth-order valence-corrected chi connectivity index (χ4v) is 3.73. The van der Waals surface area contributed by atoms with Gasteiger partial charge in [-0.15, -0.1) is 0 Å². The van der Waals surface area contributed by atoms with E-state index in [1.54, 1.807) is 55.6 Å². The average Bonchev–Trinajstić information content (AvgIpc) is 2.82. The predicted molar refractivity (Wildman–Crippen MR) is 125 cm³/mol. The molecule has 32 heavy (non-hydrogen) atoms. The standard InChI is InChI=1S/C25H23N3O4/c1-32-15-14-26-25(31)17-8-2-5-11-20(17)27-23(29)16-28-21-12-6-3-9-18(21)24(30)19-10-4-7-13-22(19)28/h2-13H,14-16H2,1H3,(H,26,31)(H,27,29). The van der Waals surface area contributed by atoms with E-state index in [9.17, 15) is 14.4 Å². The van der Waals surface area contributed by atoms with Crippen molar-refractivity contribution in [2.75, 3.05) is 25.6 Å². The molecular weight excluding hydrogens is 406 g/mol. The van der Waals surface area contributed by atoms with Gasteiger partial charge in [0.15, 0.2) is 5.43 Å². The van der Waals surface area contributed by atoms with Crippen molar-refractivity contribution in [3.8, 4) is 0 Å². The number of carbonyl (C=O) groups excluding carboxylic acids is 2. The number of amides is 2. The summed E-state index contributed by atoms with van der Waals surface area (Å²) in [5.41, 5.74) is 2.08. The quantitative estimate of drug-likeness (QED) is 0.349. The molecule has 0 aliphatic rings. The first kappa shape index (κ1) is 21.3. The molecule has 0 aliphatic carbocycles. The maximum atomic E-state index is 13.0. The van der Waals surface area contributed by atoms with Gasteiger partial charge in [-0.1, -0.05) is 36.4 Å². The summed E-state index contributed by atoms with van der Waals surface area (Å²) in [5, 5.41) is 6.71. The third kappa shape index (κ3) is 4.24. The van der Waals surface area contributed by atoms with E-state index in [-0.39, 0.29) is 23.8 Å². The van der Waals surface area contributed by atoms with E-state index in [4.69, 9.17) is 4.74 Å². The van der Waals surface area contributed by atoms with Crippen molar-refractivity contribution < 1.29 is 14.3 Å². The summed E-state index contributed by atoms with van der Waals surface area (Å²) < 4.78 is 6.78. The second kappa shape index (κ2) is 9.45. The molecule has 7 heteroatoms. The number of carbonyl (C=O) groups is 2. The van der Waals surface area contributed by atoms with Gasteiger partial charge >= 0.3 is 0 Å². The zero-order valence-corrected chi connectivity index (χ0v) is 17.6. The number of anilines is 1. The van der Waals surface area contributed by atoms with Gasteiger partial charge in [-0.2, -0.15) is 0 Å². The van der Waals surface area contributed by atoms with Gasteiger partial charge in [-0.25, -0.2) is 0 Å². The summed E-state index contributed by atoms with van der Waals surface area (Å²) in [5.74, 6) is -0.599. The number of rotatable bonds is 7. The Bertz CT molecular complexity index is 1300. The number of ether oxygens (including phenoxy) is 1. The summed E-state index contributed by atoms with van der Waals surface area (Å²) >= 11 is 0. The van der Waals surface area contributed by atoms with Crippen LogP contribution in [0.1, 0.15) is 10.4 Å². The Labute approximate surface area is 184 Å². The predicted octanol–water partition coefficient (Wildman–Crippen LogP) is 3.17. The van der Waals surface area contributed by atoms with Crippen molar-refractivity contribution in [3.63, 3.8) is 0 Å². The van der Waals surface area contributed by atoms with Crippen molar-refractivity contribution in [1.29, 1.82) is 0 Å². The second-order valence-corrected chi connectivity index (χ2v) is 7.29. The molecule has 0 unspecified atom stereocenters. The first-order valence-electron chi connectivity index (χ1n) is 10.3. The maximum Gasteiger partial charge on any atom is 0.253 e. The molecule has 0 aliphatic heterocycles. The van der Waals surface area contributed by atoms with Gasteiger partial charge in [0, 0.05) is 24.4 Å². The maximum absolute atomic E-state index is 13.0. The van der Waals surface area contributed by atoms with Gasteiger partial charge in [0.2, 0.25) is 5.91 Å². The third-order valence-electron chi connectivity index (χ3n) is 5.22. The van der Waals surface area contributed by atoms with E-state index in [0.717, 1.165) is 0 Å². The smallest absolute Gasteiger partial charge is 0.253 e. The first-order valence-corrected chi connectivity index (χ1v) is 10.3. The zero-order chi connectivity index (χ0) is 22.5. The third-order valence-corrected chi connectivity index (χ3v) is 5.22. The monoisotopic (exact) mass is 429 g/mol. The molecule has 3 aromatic carbocycles. The van der Waals surface area contributed by atoms with Gasteiger partial charge in [-0.3, -0.25) is 14.4 Å². The Hall–Kier alpha value is -3.97. The zero-order valence-electron chi connectivity index (χ0n) is 17.6. The number of hydrogen-bond donors (Lipinski definition) is 2. The van der Waals surface area contributed by atoms with Crippen LogP contribution in [-0.2, 0) is 16.1 Å². The molecule has 0 spiro atoms. The van der Waals surface area contributed by atoms with Crippen molar-refractivity contribution >= 4 is 39.3 Å².